The molecule has 1 aliphatic rings. The Morgan fingerprint density at radius 1 is 1.26 bits per heavy atom. The number of para-hydroxylation sites is 1. The van der Waals surface area contributed by atoms with Crippen molar-refractivity contribution in [3.05, 3.63) is 47.8 Å². The third kappa shape index (κ3) is 3.78. The van der Waals surface area contributed by atoms with E-state index < -0.39 is 0 Å². The van der Waals surface area contributed by atoms with Gasteiger partial charge in [-0.1, -0.05) is 18.2 Å². The standard InChI is InChI=1S/C17H22N4O2/c1-14-16(13-19-21(14)15-5-3-2-4-6-15)17(22)18-7-8-20-9-11-23-12-10-20/h2-6,13H,7-12H2,1H3,(H,18,22). The van der Waals surface area contributed by atoms with E-state index in [0.29, 0.717) is 12.1 Å². The van der Waals surface area contributed by atoms with Crippen LogP contribution >= 0.6 is 0 Å². The first kappa shape index (κ1) is 15.7. The highest BCUT2D eigenvalue weighted by Gasteiger charge is 2.15. The number of benzene rings is 1. The summed E-state index contributed by atoms with van der Waals surface area (Å²) in [5, 5.41) is 7.31. The van der Waals surface area contributed by atoms with E-state index in [1.165, 1.54) is 0 Å². The fraction of sp³-hybridized carbons (Fsp3) is 0.412. The van der Waals surface area contributed by atoms with E-state index in [4.69, 9.17) is 4.74 Å². The van der Waals surface area contributed by atoms with Crippen LogP contribution in [-0.2, 0) is 4.74 Å². The lowest BCUT2D eigenvalue weighted by atomic mass is 10.2. The van der Waals surface area contributed by atoms with Crippen molar-refractivity contribution in [2.24, 2.45) is 0 Å². The number of amides is 1. The minimum atomic E-state index is -0.0714. The molecule has 1 N–H and O–H groups in total. The topological polar surface area (TPSA) is 59.4 Å². The SMILES string of the molecule is Cc1c(C(=O)NCCN2CCOCC2)cnn1-c1ccccc1. The van der Waals surface area contributed by atoms with Crippen LogP contribution < -0.4 is 5.32 Å². The van der Waals surface area contributed by atoms with Gasteiger partial charge in [0.05, 0.1) is 36.4 Å². The van der Waals surface area contributed by atoms with Crippen LogP contribution in [0.3, 0.4) is 0 Å². The zero-order chi connectivity index (χ0) is 16.1. The Kier molecular flexibility index (Phi) is 5.05. The van der Waals surface area contributed by atoms with Gasteiger partial charge in [0.1, 0.15) is 0 Å². The molecule has 122 valence electrons. The third-order valence-electron chi connectivity index (χ3n) is 4.07. The number of nitrogens with one attached hydrogen (secondary N) is 1. The van der Waals surface area contributed by atoms with Crippen molar-refractivity contribution < 1.29 is 9.53 Å². The maximum Gasteiger partial charge on any atom is 0.254 e. The Morgan fingerprint density at radius 2 is 2.00 bits per heavy atom. The molecule has 0 saturated carbocycles. The predicted molar refractivity (Wildman–Crippen MR) is 87.9 cm³/mol. The molecular weight excluding hydrogens is 292 g/mol. The number of ether oxygens (including phenoxy) is 1. The molecule has 1 aliphatic heterocycles. The molecule has 6 nitrogen and oxygen atoms in total. The minimum absolute atomic E-state index is 0.0714. The molecule has 1 aromatic carbocycles. The van der Waals surface area contributed by atoms with Crippen molar-refractivity contribution in [1.82, 2.24) is 20.0 Å². The summed E-state index contributed by atoms with van der Waals surface area (Å²) >= 11 is 0. The maximum absolute atomic E-state index is 12.3. The van der Waals surface area contributed by atoms with Crippen molar-refractivity contribution in [3.63, 3.8) is 0 Å². The number of aromatic nitrogens is 2. The summed E-state index contributed by atoms with van der Waals surface area (Å²) in [4.78, 5) is 14.6. The van der Waals surface area contributed by atoms with Gasteiger partial charge in [-0.05, 0) is 19.1 Å². The molecule has 2 heterocycles. The highest BCUT2D eigenvalue weighted by atomic mass is 16.5. The highest BCUT2D eigenvalue weighted by Crippen LogP contribution is 2.13. The maximum atomic E-state index is 12.3. The first-order valence-corrected chi connectivity index (χ1v) is 7.94. The van der Waals surface area contributed by atoms with E-state index in [0.717, 1.165) is 44.2 Å². The van der Waals surface area contributed by atoms with Gasteiger partial charge in [-0.2, -0.15) is 5.10 Å². The van der Waals surface area contributed by atoms with Gasteiger partial charge >= 0.3 is 0 Å². The zero-order valence-electron chi connectivity index (χ0n) is 13.4. The van der Waals surface area contributed by atoms with Crippen LogP contribution in [0.25, 0.3) is 5.69 Å². The van der Waals surface area contributed by atoms with Gasteiger partial charge in [0.25, 0.3) is 5.91 Å². The predicted octanol–water partition coefficient (Wildman–Crippen LogP) is 1.24. The molecule has 1 amide bonds. The summed E-state index contributed by atoms with van der Waals surface area (Å²) < 4.78 is 7.11. The number of carbonyl (C=O) groups is 1. The van der Waals surface area contributed by atoms with Gasteiger partial charge in [-0.15, -0.1) is 0 Å². The van der Waals surface area contributed by atoms with Gasteiger partial charge in [0.2, 0.25) is 0 Å². The van der Waals surface area contributed by atoms with E-state index in [2.05, 4.69) is 15.3 Å². The van der Waals surface area contributed by atoms with Crippen LogP contribution in [-0.4, -0.2) is 60.0 Å². The Labute approximate surface area is 136 Å². The quantitative estimate of drug-likeness (QED) is 0.902. The molecule has 2 aromatic rings. The van der Waals surface area contributed by atoms with E-state index in [1.54, 1.807) is 10.9 Å². The molecule has 1 fully saturated rings. The molecule has 1 saturated heterocycles. The third-order valence-corrected chi connectivity index (χ3v) is 4.07. The first-order valence-electron chi connectivity index (χ1n) is 7.94. The van der Waals surface area contributed by atoms with Gasteiger partial charge in [-0.25, -0.2) is 4.68 Å². The number of morpholine rings is 1. The Balaban J connectivity index is 1.58. The van der Waals surface area contributed by atoms with Gasteiger partial charge < -0.3 is 10.1 Å². The Morgan fingerprint density at radius 3 is 2.74 bits per heavy atom. The molecule has 0 atom stereocenters. The van der Waals surface area contributed by atoms with Crippen LogP contribution in [0.1, 0.15) is 16.1 Å². The lowest BCUT2D eigenvalue weighted by molar-refractivity contribution is 0.0383. The Bertz CT molecular complexity index is 648. The molecule has 1 aromatic heterocycles. The molecule has 0 radical (unpaired) electrons. The molecule has 0 aliphatic carbocycles. The van der Waals surface area contributed by atoms with Crippen LogP contribution in [0.15, 0.2) is 36.5 Å². The normalized spacial score (nSPS) is 15.5. The van der Waals surface area contributed by atoms with Crippen molar-refractivity contribution in [3.8, 4) is 5.69 Å². The van der Waals surface area contributed by atoms with Crippen molar-refractivity contribution in [2.45, 2.75) is 6.92 Å². The Hall–Kier alpha value is -2.18. The second-order valence-corrected chi connectivity index (χ2v) is 5.60. The zero-order valence-corrected chi connectivity index (χ0v) is 13.4. The second-order valence-electron chi connectivity index (χ2n) is 5.60. The molecule has 0 bridgehead atoms. The molecule has 0 unspecified atom stereocenters. The number of hydrogen-bond acceptors (Lipinski definition) is 4. The summed E-state index contributed by atoms with van der Waals surface area (Å²) in [5.41, 5.74) is 2.42. The number of nitrogens with zero attached hydrogens (tertiary/aromatic N) is 3. The average molecular weight is 314 g/mol. The average Bonchev–Trinajstić information content (AvgIpc) is 2.98. The van der Waals surface area contributed by atoms with Crippen molar-refractivity contribution in [2.75, 3.05) is 39.4 Å². The van der Waals surface area contributed by atoms with Crippen LogP contribution in [0.5, 0.6) is 0 Å². The fourth-order valence-electron chi connectivity index (χ4n) is 2.71. The number of carbonyl (C=O) groups excluding carboxylic acids is 1. The summed E-state index contributed by atoms with van der Waals surface area (Å²) in [6.45, 7) is 6.81. The van der Waals surface area contributed by atoms with E-state index >= 15 is 0 Å². The molecule has 23 heavy (non-hydrogen) atoms. The van der Waals surface area contributed by atoms with Crippen LogP contribution in [0.4, 0.5) is 0 Å². The van der Waals surface area contributed by atoms with Gasteiger partial charge in [0.15, 0.2) is 0 Å². The second kappa shape index (κ2) is 7.39. The van der Waals surface area contributed by atoms with Gasteiger partial charge in [-0.3, -0.25) is 9.69 Å². The molecule has 6 heteroatoms. The van der Waals surface area contributed by atoms with E-state index in [1.807, 2.05) is 37.3 Å². The monoisotopic (exact) mass is 314 g/mol. The summed E-state index contributed by atoms with van der Waals surface area (Å²) in [6, 6.07) is 9.82. The van der Waals surface area contributed by atoms with Gasteiger partial charge in [0, 0.05) is 26.2 Å². The lowest BCUT2D eigenvalue weighted by Gasteiger charge is -2.26. The van der Waals surface area contributed by atoms with E-state index in [9.17, 15) is 4.79 Å². The van der Waals surface area contributed by atoms with Crippen LogP contribution in [0, 0.1) is 6.92 Å². The fourth-order valence-corrected chi connectivity index (χ4v) is 2.71. The summed E-state index contributed by atoms with van der Waals surface area (Å²) in [7, 11) is 0. The summed E-state index contributed by atoms with van der Waals surface area (Å²) in [6.07, 6.45) is 1.63. The van der Waals surface area contributed by atoms with Crippen LogP contribution in [0.2, 0.25) is 0 Å². The molecular formula is C17H22N4O2. The summed E-state index contributed by atoms with van der Waals surface area (Å²) in [5.74, 6) is -0.0714. The molecule has 0 spiro atoms. The number of rotatable bonds is 5. The van der Waals surface area contributed by atoms with Crippen molar-refractivity contribution in [1.29, 1.82) is 0 Å². The minimum Gasteiger partial charge on any atom is -0.379 e. The smallest absolute Gasteiger partial charge is 0.254 e. The highest BCUT2D eigenvalue weighted by molar-refractivity contribution is 5.95. The largest absolute Gasteiger partial charge is 0.379 e. The van der Waals surface area contributed by atoms with E-state index in [-0.39, 0.29) is 5.91 Å². The molecule has 3 rings (SSSR count). The lowest BCUT2D eigenvalue weighted by Crippen LogP contribution is -2.41. The van der Waals surface area contributed by atoms with Crippen molar-refractivity contribution >= 4 is 5.91 Å². The first-order chi connectivity index (χ1) is 11.3. The number of hydrogen-bond donors (Lipinski definition) is 1.